The van der Waals surface area contributed by atoms with Gasteiger partial charge in [0, 0.05) is 31.7 Å². The van der Waals surface area contributed by atoms with Crippen LogP contribution in [-0.4, -0.2) is 74.0 Å². The first kappa shape index (κ1) is 17.0. The van der Waals surface area contributed by atoms with Crippen molar-refractivity contribution >= 4 is 11.8 Å². The Kier molecular flexibility index (Phi) is 5.03. The zero-order chi connectivity index (χ0) is 17.8. The van der Waals surface area contributed by atoms with E-state index in [2.05, 4.69) is 15.4 Å². The molecule has 2 amide bonds. The Balaban J connectivity index is 1.55. The van der Waals surface area contributed by atoms with Gasteiger partial charge in [-0.15, -0.1) is 10.2 Å². The molecule has 25 heavy (non-hydrogen) atoms. The van der Waals surface area contributed by atoms with Gasteiger partial charge in [-0.25, -0.2) is 0 Å². The lowest BCUT2D eigenvalue weighted by atomic mass is 10.2. The topological polar surface area (TPSA) is 110 Å². The summed E-state index contributed by atoms with van der Waals surface area (Å²) in [6.45, 7) is 4.18. The summed E-state index contributed by atoms with van der Waals surface area (Å²) in [5.74, 6) is 0.0805. The minimum absolute atomic E-state index is 0.0468. The number of primary amides is 1. The highest BCUT2D eigenvalue weighted by Gasteiger charge is 2.26. The third kappa shape index (κ3) is 4.00. The molecule has 0 bridgehead atoms. The molecule has 1 atom stereocenters. The second kappa shape index (κ2) is 7.39. The maximum atomic E-state index is 12.4. The molecule has 1 fully saturated rings. The molecule has 1 aliphatic heterocycles. The Bertz CT molecular complexity index is 738. The molecule has 2 N–H and O–H groups in total. The summed E-state index contributed by atoms with van der Waals surface area (Å²) < 4.78 is 0. The van der Waals surface area contributed by atoms with Crippen LogP contribution in [0, 0.1) is 0 Å². The third-order valence-electron chi connectivity index (χ3n) is 4.39. The molecule has 1 aliphatic rings. The standard InChI is InChI=1S/C16H21N7O2/c1-12(15(17)25)21-7-9-22(10-8-21)14(24)11-23-19-16(18-20-23)13-5-3-2-4-6-13/h2-6,12H,7-11H2,1H3,(H2,17,25)/t12-/m1/s1. The molecule has 1 saturated heterocycles. The molecule has 0 saturated carbocycles. The van der Waals surface area contributed by atoms with Crippen LogP contribution in [0.3, 0.4) is 0 Å². The molecule has 0 aliphatic carbocycles. The number of nitrogens with two attached hydrogens (primary N) is 1. The van der Waals surface area contributed by atoms with Gasteiger partial charge in [-0.2, -0.15) is 4.80 Å². The fourth-order valence-corrected chi connectivity index (χ4v) is 2.77. The summed E-state index contributed by atoms with van der Waals surface area (Å²) in [6, 6.07) is 9.17. The van der Waals surface area contributed by atoms with Gasteiger partial charge in [0.05, 0.1) is 6.04 Å². The van der Waals surface area contributed by atoms with Crippen LogP contribution in [-0.2, 0) is 16.1 Å². The number of carbonyl (C=O) groups excluding carboxylic acids is 2. The van der Waals surface area contributed by atoms with E-state index in [1.165, 1.54) is 4.80 Å². The summed E-state index contributed by atoms with van der Waals surface area (Å²) in [4.78, 5) is 28.7. The van der Waals surface area contributed by atoms with E-state index in [9.17, 15) is 9.59 Å². The molecule has 0 radical (unpaired) electrons. The number of rotatable bonds is 5. The van der Waals surface area contributed by atoms with Crippen LogP contribution in [0.15, 0.2) is 30.3 Å². The molecular formula is C16H21N7O2. The molecule has 1 aromatic carbocycles. The van der Waals surface area contributed by atoms with Crippen LogP contribution < -0.4 is 5.73 Å². The van der Waals surface area contributed by atoms with E-state index in [-0.39, 0.29) is 24.4 Å². The number of nitrogens with zero attached hydrogens (tertiary/aromatic N) is 6. The molecule has 0 spiro atoms. The van der Waals surface area contributed by atoms with Crippen molar-refractivity contribution in [3.8, 4) is 11.4 Å². The molecule has 1 aromatic heterocycles. The van der Waals surface area contributed by atoms with Gasteiger partial charge in [0.1, 0.15) is 6.54 Å². The summed E-state index contributed by atoms with van der Waals surface area (Å²) in [6.07, 6.45) is 0. The lowest BCUT2D eigenvalue weighted by Gasteiger charge is -2.36. The molecule has 2 aromatic rings. The smallest absolute Gasteiger partial charge is 0.246 e. The van der Waals surface area contributed by atoms with Crippen LogP contribution in [0.25, 0.3) is 11.4 Å². The zero-order valence-electron chi connectivity index (χ0n) is 14.1. The SMILES string of the molecule is C[C@H](C(N)=O)N1CCN(C(=O)Cn2nnc(-c3ccccc3)n2)CC1. The number of benzene rings is 1. The predicted octanol–water partition coefficient (Wildman–Crippen LogP) is -0.642. The summed E-state index contributed by atoms with van der Waals surface area (Å²) in [5, 5.41) is 12.2. The number of hydrogen-bond donors (Lipinski definition) is 1. The van der Waals surface area contributed by atoms with Gasteiger partial charge in [0.25, 0.3) is 0 Å². The molecule has 3 rings (SSSR count). The van der Waals surface area contributed by atoms with E-state index in [1.807, 2.05) is 35.2 Å². The lowest BCUT2D eigenvalue weighted by Crippen LogP contribution is -2.54. The van der Waals surface area contributed by atoms with Gasteiger partial charge in [0.15, 0.2) is 0 Å². The summed E-state index contributed by atoms with van der Waals surface area (Å²) in [5.41, 5.74) is 6.18. The Morgan fingerprint density at radius 3 is 2.48 bits per heavy atom. The number of aromatic nitrogens is 4. The minimum Gasteiger partial charge on any atom is -0.368 e. The van der Waals surface area contributed by atoms with Gasteiger partial charge in [-0.3, -0.25) is 14.5 Å². The average Bonchev–Trinajstić information content (AvgIpc) is 3.10. The van der Waals surface area contributed by atoms with Crippen molar-refractivity contribution in [3.63, 3.8) is 0 Å². The van der Waals surface area contributed by atoms with Gasteiger partial charge in [-0.1, -0.05) is 30.3 Å². The summed E-state index contributed by atoms with van der Waals surface area (Å²) >= 11 is 0. The van der Waals surface area contributed by atoms with E-state index < -0.39 is 0 Å². The predicted molar refractivity (Wildman–Crippen MR) is 90.1 cm³/mol. The largest absolute Gasteiger partial charge is 0.368 e. The van der Waals surface area contributed by atoms with Crippen molar-refractivity contribution in [1.82, 2.24) is 30.0 Å². The first-order chi connectivity index (χ1) is 12.0. The van der Waals surface area contributed by atoms with Crippen molar-refractivity contribution in [2.24, 2.45) is 5.73 Å². The fourth-order valence-electron chi connectivity index (χ4n) is 2.77. The number of piperazine rings is 1. The second-order valence-corrected chi connectivity index (χ2v) is 6.00. The van der Waals surface area contributed by atoms with Crippen LogP contribution in [0.4, 0.5) is 0 Å². The van der Waals surface area contributed by atoms with E-state index in [4.69, 9.17) is 5.73 Å². The van der Waals surface area contributed by atoms with Gasteiger partial charge in [-0.05, 0) is 12.1 Å². The maximum Gasteiger partial charge on any atom is 0.246 e. The van der Waals surface area contributed by atoms with Crippen molar-refractivity contribution in [1.29, 1.82) is 0 Å². The van der Waals surface area contributed by atoms with E-state index in [0.29, 0.717) is 32.0 Å². The number of hydrogen-bond acceptors (Lipinski definition) is 6. The Morgan fingerprint density at radius 1 is 1.16 bits per heavy atom. The van der Waals surface area contributed by atoms with Gasteiger partial charge < -0.3 is 10.6 Å². The molecule has 2 heterocycles. The molecule has 9 nitrogen and oxygen atoms in total. The Morgan fingerprint density at radius 2 is 1.84 bits per heavy atom. The van der Waals surface area contributed by atoms with Gasteiger partial charge in [0.2, 0.25) is 17.6 Å². The molecule has 9 heteroatoms. The lowest BCUT2D eigenvalue weighted by molar-refractivity contribution is -0.134. The van der Waals surface area contributed by atoms with Crippen LogP contribution in [0.5, 0.6) is 0 Å². The zero-order valence-corrected chi connectivity index (χ0v) is 14.1. The average molecular weight is 343 g/mol. The second-order valence-electron chi connectivity index (χ2n) is 6.00. The minimum atomic E-state index is -0.347. The van der Waals surface area contributed by atoms with Crippen molar-refractivity contribution in [3.05, 3.63) is 30.3 Å². The first-order valence-electron chi connectivity index (χ1n) is 8.19. The number of carbonyl (C=O) groups is 2. The highest BCUT2D eigenvalue weighted by atomic mass is 16.2. The van der Waals surface area contributed by atoms with Crippen molar-refractivity contribution in [2.45, 2.75) is 19.5 Å². The van der Waals surface area contributed by atoms with Crippen LogP contribution in [0.2, 0.25) is 0 Å². The van der Waals surface area contributed by atoms with E-state index >= 15 is 0 Å². The Labute approximate surface area is 145 Å². The number of amides is 2. The first-order valence-corrected chi connectivity index (χ1v) is 8.19. The normalized spacial score (nSPS) is 16.6. The Hall–Kier alpha value is -2.81. The monoisotopic (exact) mass is 343 g/mol. The van der Waals surface area contributed by atoms with E-state index in [0.717, 1.165) is 5.56 Å². The number of tetrazole rings is 1. The molecule has 132 valence electrons. The fraction of sp³-hybridized carbons (Fsp3) is 0.438. The molecular weight excluding hydrogens is 322 g/mol. The summed E-state index contributed by atoms with van der Waals surface area (Å²) in [7, 11) is 0. The van der Waals surface area contributed by atoms with Gasteiger partial charge >= 0.3 is 0 Å². The van der Waals surface area contributed by atoms with Crippen molar-refractivity contribution < 1.29 is 9.59 Å². The highest BCUT2D eigenvalue weighted by Crippen LogP contribution is 2.12. The molecule has 0 unspecified atom stereocenters. The third-order valence-corrected chi connectivity index (χ3v) is 4.39. The quantitative estimate of drug-likeness (QED) is 0.773. The van der Waals surface area contributed by atoms with Crippen LogP contribution in [0.1, 0.15) is 6.92 Å². The van der Waals surface area contributed by atoms with E-state index in [1.54, 1.807) is 11.8 Å². The highest BCUT2D eigenvalue weighted by molar-refractivity contribution is 5.79. The maximum absolute atomic E-state index is 12.4. The van der Waals surface area contributed by atoms with Crippen molar-refractivity contribution in [2.75, 3.05) is 26.2 Å². The van der Waals surface area contributed by atoms with Crippen LogP contribution >= 0.6 is 0 Å².